The van der Waals surface area contributed by atoms with Crippen LogP contribution in [0.15, 0.2) is 48.1 Å². The largest absolute Gasteiger partial charge is 0.365 e. The fraction of sp³-hybridized carbons (Fsp3) is 0.0625. The Morgan fingerprint density at radius 1 is 1.27 bits per heavy atom. The average molecular weight is 330 g/mol. The van der Waals surface area contributed by atoms with Crippen LogP contribution < -0.4 is 5.32 Å². The van der Waals surface area contributed by atoms with E-state index in [0.717, 1.165) is 23.1 Å². The number of anilines is 1. The topological polar surface area (TPSA) is 54.9 Å². The van der Waals surface area contributed by atoms with Gasteiger partial charge >= 0.3 is 0 Å². The summed E-state index contributed by atoms with van der Waals surface area (Å²) in [7, 11) is 0. The summed E-state index contributed by atoms with van der Waals surface area (Å²) in [5.74, 6) is 0.663. The smallest absolute Gasteiger partial charge is 0.160 e. The molecule has 0 amide bonds. The highest BCUT2D eigenvalue weighted by molar-refractivity contribution is 7.12. The van der Waals surface area contributed by atoms with Crippen molar-refractivity contribution in [3.63, 3.8) is 0 Å². The summed E-state index contributed by atoms with van der Waals surface area (Å²) < 4.78 is 0. The predicted molar refractivity (Wildman–Crippen MR) is 89.5 cm³/mol. The van der Waals surface area contributed by atoms with Crippen LogP contribution >= 0.6 is 22.9 Å². The highest BCUT2D eigenvalue weighted by atomic mass is 35.5. The van der Waals surface area contributed by atoms with Crippen molar-refractivity contribution in [2.24, 2.45) is 0 Å². The van der Waals surface area contributed by atoms with Crippen molar-refractivity contribution in [1.29, 1.82) is 0 Å². The van der Waals surface area contributed by atoms with Crippen molar-refractivity contribution in [2.75, 3.05) is 5.32 Å². The number of rotatable bonds is 5. The minimum absolute atomic E-state index is 0.570. The molecule has 2 heterocycles. The third-order valence-corrected chi connectivity index (χ3v) is 4.31. The summed E-state index contributed by atoms with van der Waals surface area (Å²) in [5.41, 5.74) is 2.62. The predicted octanol–water partition coefficient (Wildman–Crippen LogP) is 4.28. The minimum atomic E-state index is 0.570. The molecule has 0 aliphatic rings. The number of carbonyl (C=O) groups is 1. The van der Waals surface area contributed by atoms with Crippen molar-refractivity contribution in [3.8, 4) is 11.3 Å². The summed E-state index contributed by atoms with van der Waals surface area (Å²) in [6.45, 7) is 0.570. The van der Waals surface area contributed by atoms with E-state index in [1.807, 2.05) is 29.6 Å². The zero-order chi connectivity index (χ0) is 15.4. The summed E-state index contributed by atoms with van der Waals surface area (Å²) in [6, 6.07) is 9.46. The zero-order valence-corrected chi connectivity index (χ0v) is 13.1. The van der Waals surface area contributed by atoms with Crippen molar-refractivity contribution in [1.82, 2.24) is 9.97 Å². The first-order valence-electron chi connectivity index (χ1n) is 6.59. The molecule has 0 aliphatic heterocycles. The molecular formula is C16H12ClN3OS. The lowest BCUT2D eigenvalue weighted by Gasteiger charge is -2.07. The molecule has 0 atom stereocenters. The lowest BCUT2D eigenvalue weighted by Crippen LogP contribution is -2.02. The quantitative estimate of drug-likeness (QED) is 0.710. The van der Waals surface area contributed by atoms with Gasteiger partial charge in [-0.3, -0.25) is 9.78 Å². The van der Waals surface area contributed by atoms with E-state index >= 15 is 0 Å². The van der Waals surface area contributed by atoms with Crippen LogP contribution in [0.2, 0.25) is 5.02 Å². The van der Waals surface area contributed by atoms with Crippen LogP contribution in [-0.4, -0.2) is 16.3 Å². The SMILES string of the molecule is O=Cc1cc(-c2cncc(NCc3ccccc3Cl)n2)cs1. The van der Waals surface area contributed by atoms with E-state index in [9.17, 15) is 4.79 Å². The number of aromatic nitrogens is 2. The molecule has 3 rings (SSSR count). The van der Waals surface area contributed by atoms with Crippen molar-refractivity contribution >= 4 is 35.0 Å². The van der Waals surface area contributed by atoms with E-state index in [0.29, 0.717) is 22.3 Å². The van der Waals surface area contributed by atoms with Gasteiger partial charge in [0.1, 0.15) is 5.82 Å². The lowest BCUT2D eigenvalue weighted by atomic mass is 10.2. The standard InChI is InChI=1S/C16H12ClN3OS/c17-14-4-2-1-3-11(14)6-19-16-8-18-7-15(20-16)12-5-13(9-21)22-10-12/h1-5,7-10H,6H2,(H,19,20). The number of halogens is 1. The number of thiophene rings is 1. The first-order chi connectivity index (χ1) is 10.8. The van der Waals surface area contributed by atoms with Crippen molar-refractivity contribution in [3.05, 3.63) is 63.6 Å². The average Bonchev–Trinajstić information content (AvgIpc) is 3.03. The molecule has 110 valence electrons. The Labute approximate surface area is 136 Å². The van der Waals surface area contributed by atoms with E-state index in [2.05, 4.69) is 15.3 Å². The number of carbonyl (C=O) groups excluding carboxylic acids is 1. The number of nitrogens with one attached hydrogen (secondary N) is 1. The molecule has 0 fully saturated rings. The first-order valence-corrected chi connectivity index (χ1v) is 7.85. The van der Waals surface area contributed by atoms with Gasteiger partial charge in [-0.05, 0) is 17.7 Å². The molecular weight excluding hydrogens is 318 g/mol. The molecule has 1 aromatic carbocycles. The van der Waals surface area contributed by atoms with Crippen LogP contribution in [0.25, 0.3) is 11.3 Å². The van der Waals surface area contributed by atoms with E-state index < -0.39 is 0 Å². The van der Waals surface area contributed by atoms with Crippen molar-refractivity contribution in [2.45, 2.75) is 6.54 Å². The second-order valence-corrected chi connectivity index (χ2v) is 5.94. The second kappa shape index (κ2) is 6.68. The summed E-state index contributed by atoms with van der Waals surface area (Å²) >= 11 is 7.52. The van der Waals surface area contributed by atoms with Gasteiger partial charge in [0.15, 0.2) is 6.29 Å². The molecule has 0 bridgehead atoms. The Morgan fingerprint density at radius 2 is 2.14 bits per heavy atom. The molecule has 0 spiro atoms. The highest BCUT2D eigenvalue weighted by Crippen LogP contribution is 2.24. The Balaban J connectivity index is 1.76. The normalized spacial score (nSPS) is 10.4. The lowest BCUT2D eigenvalue weighted by molar-refractivity contribution is 0.112. The van der Waals surface area contributed by atoms with E-state index in [1.165, 1.54) is 11.3 Å². The number of aldehydes is 1. The van der Waals surface area contributed by atoms with Gasteiger partial charge in [-0.15, -0.1) is 11.3 Å². The van der Waals surface area contributed by atoms with Gasteiger partial charge in [0.25, 0.3) is 0 Å². The summed E-state index contributed by atoms with van der Waals surface area (Å²) in [6.07, 6.45) is 4.17. The number of benzene rings is 1. The molecule has 0 saturated heterocycles. The molecule has 2 aromatic heterocycles. The van der Waals surface area contributed by atoms with Gasteiger partial charge in [-0.2, -0.15) is 0 Å². The van der Waals surface area contributed by atoms with E-state index in [4.69, 9.17) is 11.6 Å². The molecule has 4 nitrogen and oxygen atoms in total. The number of hydrogen-bond acceptors (Lipinski definition) is 5. The molecule has 6 heteroatoms. The monoisotopic (exact) mass is 329 g/mol. The molecule has 0 saturated carbocycles. The van der Waals surface area contributed by atoms with Crippen LogP contribution in [0.1, 0.15) is 15.2 Å². The Morgan fingerprint density at radius 3 is 2.91 bits per heavy atom. The van der Waals surface area contributed by atoms with Crippen LogP contribution in [0, 0.1) is 0 Å². The minimum Gasteiger partial charge on any atom is -0.365 e. The molecule has 3 aromatic rings. The van der Waals surface area contributed by atoms with Gasteiger partial charge in [0.05, 0.1) is 23.0 Å². The molecule has 22 heavy (non-hydrogen) atoms. The van der Waals surface area contributed by atoms with Gasteiger partial charge < -0.3 is 5.32 Å². The molecule has 0 radical (unpaired) electrons. The van der Waals surface area contributed by atoms with Gasteiger partial charge in [-0.25, -0.2) is 4.98 Å². The van der Waals surface area contributed by atoms with Gasteiger partial charge in [0, 0.05) is 22.5 Å². The van der Waals surface area contributed by atoms with Gasteiger partial charge in [0.2, 0.25) is 0 Å². The first kappa shape index (κ1) is 14.7. The van der Waals surface area contributed by atoms with Crippen LogP contribution in [0.5, 0.6) is 0 Å². The third-order valence-electron chi connectivity index (χ3n) is 3.08. The summed E-state index contributed by atoms with van der Waals surface area (Å²) in [5, 5.41) is 5.82. The van der Waals surface area contributed by atoms with E-state index in [-0.39, 0.29) is 0 Å². The Kier molecular flexibility index (Phi) is 4.46. The highest BCUT2D eigenvalue weighted by Gasteiger charge is 2.06. The van der Waals surface area contributed by atoms with Gasteiger partial charge in [-0.1, -0.05) is 29.8 Å². The Hall–Kier alpha value is -2.24. The van der Waals surface area contributed by atoms with Crippen LogP contribution in [0.3, 0.4) is 0 Å². The molecule has 0 aliphatic carbocycles. The third kappa shape index (κ3) is 3.32. The van der Waals surface area contributed by atoms with Crippen molar-refractivity contribution < 1.29 is 4.79 Å². The zero-order valence-electron chi connectivity index (χ0n) is 11.5. The number of nitrogens with zero attached hydrogens (tertiary/aromatic N) is 2. The molecule has 0 unspecified atom stereocenters. The number of hydrogen-bond donors (Lipinski definition) is 1. The molecule has 1 N–H and O–H groups in total. The second-order valence-electron chi connectivity index (χ2n) is 4.59. The maximum absolute atomic E-state index is 10.8. The Bertz CT molecular complexity index is 803. The fourth-order valence-electron chi connectivity index (χ4n) is 1.97. The fourth-order valence-corrected chi connectivity index (χ4v) is 2.87. The maximum atomic E-state index is 10.8. The van der Waals surface area contributed by atoms with Crippen LogP contribution in [0.4, 0.5) is 5.82 Å². The summed E-state index contributed by atoms with van der Waals surface area (Å²) in [4.78, 5) is 20.1. The van der Waals surface area contributed by atoms with Crippen LogP contribution in [-0.2, 0) is 6.54 Å². The maximum Gasteiger partial charge on any atom is 0.160 e. The van der Waals surface area contributed by atoms with E-state index in [1.54, 1.807) is 18.5 Å².